The van der Waals surface area contributed by atoms with Gasteiger partial charge in [-0.25, -0.2) is 0 Å². The number of aromatic amines is 1. The number of nitrogens with one attached hydrogen (secondary N) is 2. The first-order valence-corrected chi connectivity index (χ1v) is 8.95. The molecule has 0 bridgehead atoms. The van der Waals surface area contributed by atoms with Crippen molar-refractivity contribution in [3.05, 3.63) is 45.2 Å². The smallest absolute Gasteiger partial charge is 0.251 e. The maximum absolute atomic E-state index is 12.3. The SMILES string of the molecule is Cc1cc(C)c2cc(CCNC(=O)C3CCCCC3)c(=O)[nH]c2c1. The lowest BCUT2D eigenvalue weighted by Crippen LogP contribution is -2.34. The van der Waals surface area contributed by atoms with E-state index in [9.17, 15) is 9.59 Å². The second-order valence-electron chi connectivity index (χ2n) is 7.04. The number of pyridine rings is 1. The lowest BCUT2D eigenvalue weighted by Gasteiger charge is -2.20. The Morgan fingerprint density at radius 3 is 2.67 bits per heavy atom. The highest BCUT2D eigenvalue weighted by Crippen LogP contribution is 2.23. The van der Waals surface area contributed by atoms with Gasteiger partial charge in [-0.3, -0.25) is 9.59 Å². The minimum atomic E-state index is -0.0561. The van der Waals surface area contributed by atoms with Crippen LogP contribution >= 0.6 is 0 Å². The van der Waals surface area contributed by atoms with Crippen LogP contribution in [0.25, 0.3) is 10.9 Å². The normalized spacial score (nSPS) is 15.6. The van der Waals surface area contributed by atoms with E-state index in [0.29, 0.717) is 13.0 Å². The van der Waals surface area contributed by atoms with Crippen LogP contribution in [0.5, 0.6) is 0 Å². The zero-order chi connectivity index (χ0) is 17.1. The third-order valence-corrected chi connectivity index (χ3v) is 5.06. The quantitative estimate of drug-likeness (QED) is 0.905. The summed E-state index contributed by atoms with van der Waals surface area (Å²) in [5.41, 5.74) is 3.86. The van der Waals surface area contributed by atoms with Gasteiger partial charge in [0.15, 0.2) is 0 Å². The Balaban J connectivity index is 1.68. The molecule has 0 radical (unpaired) electrons. The second-order valence-corrected chi connectivity index (χ2v) is 7.04. The molecule has 24 heavy (non-hydrogen) atoms. The monoisotopic (exact) mass is 326 g/mol. The molecule has 4 heteroatoms. The van der Waals surface area contributed by atoms with Crippen LogP contribution < -0.4 is 10.9 Å². The Morgan fingerprint density at radius 2 is 1.92 bits per heavy atom. The van der Waals surface area contributed by atoms with Crippen LogP contribution in [0.15, 0.2) is 23.0 Å². The summed E-state index contributed by atoms with van der Waals surface area (Å²) in [7, 11) is 0. The standard InChI is InChI=1S/C20H26N2O2/c1-13-10-14(2)17-12-16(20(24)22-18(17)11-13)8-9-21-19(23)15-6-4-3-5-7-15/h10-12,15H,3-9H2,1-2H3,(H,21,23)(H,22,24). The average molecular weight is 326 g/mol. The molecule has 0 atom stereocenters. The molecule has 0 unspecified atom stereocenters. The summed E-state index contributed by atoms with van der Waals surface area (Å²) in [6.07, 6.45) is 6.12. The van der Waals surface area contributed by atoms with Gasteiger partial charge in [0, 0.05) is 28.9 Å². The van der Waals surface area contributed by atoms with E-state index in [4.69, 9.17) is 0 Å². The number of benzene rings is 1. The van der Waals surface area contributed by atoms with Crippen molar-refractivity contribution in [1.29, 1.82) is 0 Å². The zero-order valence-electron chi connectivity index (χ0n) is 14.6. The number of fused-ring (bicyclic) bond motifs is 1. The lowest BCUT2D eigenvalue weighted by molar-refractivity contribution is -0.125. The number of carbonyl (C=O) groups is 1. The minimum absolute atomic E-state index is 0.0561. The van der Waals surface area contributed by atoms with Crippen LogP contribution in [-0.4, -0.2) is 17.4 Å². The summed E-state index contributed by atoms with van der Waals surface area (Å²) >= 11 is 0. The predicted octanol–water partition coefficient (Wildman–Crippen LogP) is 3.38. The number of H-pyrrole nitrogens is 1. The third kappa shape index (κ3) is 3.69. The number of rotatable bonds is 4. The topological polar surface area (TPSA) is 62.0 Å². The van der Waals surface area contributed by atoms with Crippen molar-refractivity contribution in [3.8, 4) is 0 Å². The first kappa shape index (κ1) is 16.7. The fourth-order valence-corrected chi connectivity index (χ4v) is 3.73. The summed E-state index contributed by atoms with van der Waals surface area (Å²) in [6, 6.07) is 6.09. The van der Waals surface area contributed by atoms with Crippen LogP contribution in [0.4, 0.5) is 0 Å². The fourth-order valence-electron chi connectivity index (χ4n) is 3.73. The van der Waals surface area contributed by atoms with Gasteiger partial charge in [-0.15, -0.1) is 0 Å². The molecule has 2 aromatic rings. The molecule has 2 N–H and O–H groups in total. The van der Waals surface area contributed by atoms with Crippen LogP contribution in [0, 0.1) is 19.8 Å². The van der Waals surface area contributed by atoms with Gasteiger partial charge >= 0.3 is 0 Å². The first-order valence-electron chi connectivity index (χ1n) is 8.95. The Kier molecular flexibility index (Phi) is 5.03. The molecule has 1 fully saturated rings. The molecule has 128 valence electrons. The number of aromatic nitrogens is 1. The van der Waals surface area contributed by atoms with Crippen LogP contribution in [0.1, 0.15) is 48.8 Å². The molecule has 1 aromatic heterocycles. The largest absolute Gasteiger partial charge is 0.356 e. The number of hydrogen-bond donors (Lipinski definition) is 2. The van der Waals surface area contributed by atoms with Gasteiger partial charge in [-0.1, -0.05) is 25.3 Å². The van der Waals surface area contributed by atoms with Gasteiger partial charge in [-0.2, -0.15) is 0 Å². The lowest BCUT2D eigenvalue weighted by atomic mass is 9.88. The molecule has 1 aromatic carbocycles. The molecular weight excluding hydrogens is 300 g/mol. The average Bonchev–Trinajstić information content (AvgIpc) is 2.56. The highest BCUT2D eigenvalue weighted by Gasteiger charge is 2.20. The van der Waals surface area contributed by atoms with Gasteiger partial charge in [0.2, 0.25) is 5.91 Å². The number of amides is 1. The summed E-state index contributed by atoms with van der Waals surface area (Å²) in [5.74, 6) is 0.317. The molecule has 1 saturated carbocycles. The fraction of sp³-hybridized carbons (Fsp3) is 0.500. The molecule has 1 aliphatic carbocycles. The molecular formula is C20H26N2O2. The minimum Gasteiger partial charge on any atom is -0.356 e. The Morgan fingerprint density at radius 1 is 1.17 bits per heavy atom. The van der Waals surface area contributed by atoms with E-state index in [2.05, 4.69) is 23.3 Å². The van der Waals surface area contributed by atoms with Gasteiger partial charge in [-0.05, 0) is 56.4 Å². The Labute approximate surface area is 142 Å². The van der Waals surface area contributed by atoms with Crippen molar-refractivity contribution in [3.63, 3.8) is 0 Å². The third-order valence-electron chi connectivity index (χ3n) is 5.06. The van der Waals surface area contributed by atoms with E-state index >= 15 is 0 Å². The molecule has 0 saturated heterocycles. The molecule has 1 aliphatic rings. The highest BCUT2D eigenvalue weighted by molar-refractivity contribution is 5.83. The van der Waals surface area contributed by atoms with Crippen LogP contribution in [0.3, 0.4) is 0 Å². The van der Waals surface area contributed by atoms with Gasteiger partial charge < -0.3 is 10.3 Å². The number of carbonyl (C=O) groups excluding carboxylic acids is 1. The first-order chi connectivity index (χ1) is 11.5. The number of hydrogen-bond acceptors (Lipinski definition) is 2. The van der Waals surface area contributed by atoms with Crippen molar-refractivity contribution in [2.75, 3.05) is 6.54 Å². The maximum Gasteiger partial charge on any atom is 0.251 e. The number of aryl methyl sites for hydroxylation is 2. The van der Waals surface area contributed by atoms with E-state index in [-0.39, 0.29) is 17.4 Å². The van der Waals surface area contributed by atoms with E-state index in [0.717, 1.165) is 53.3 Å². The molecule has 0 spiro atoms. The van der Waals surface area contributed by atoms with E-state index in [1.165, 1.54) is 6.42 Å². The predicted molar refractivity (Wildman–Crippen MR) is 97.3 cm³/mol. The molecule has 1 amide bonds. The zero-order valence-corrected chi connectivity index (χ0v) is 14.6. The van der Waals surface area contributed by atoms with E-state index in [1.807, 2.05) is 19.1 Å². The summed E-state index contributed by atoms with van der Waals surface area (Å²) in [6.45, 7) is 4.61. The van der Waals surface area contributed by atoms with E-state index in [1.54, 1.807) is 0 Å². The van der Waals surface area contributed by atoms with Crippen molar-refractivity contribution in [2.45, 2.75) is 52.4 Å². The highest BCUT2D eigenvalue weighted by atomic mass is 16.2. The Bertz CT molecular complexity index is 801. The van der Waals surface area contributed by atoms with Crippen LogP contribution in [0.2, 0.25) is 0 Å². The van der Waals surface area contributed by atoms with Crippen LogP contribution in [-0.2, 0) is 11.2 Å². The summed E-state index contributed by atoms with van der Waals surface area (Å²) in [5, 5.41) is 4.09. The maximum atomic E-state index is 12.3. The van der Waals surface area contributed by atoms with Gasteiger partial charge in [0.1, 0.15) is 0 Å². The second kappa shape index (κ2) is 7.20. The van der Waals surface area contributed by atoms with Gasteiger partial charge in [0.05, 0.1) is 0 Å². The molecule has 0 aliphatic heterocycles. The molecule has 4 nitrogen and oxygen atoms in total. The van der Waals surface area contributed by atoms with Crippen molar-refractivity contribution in [1.82, 2.24) is 10.3 Å². The van der Waals surface area contributed by atoms with Crippen molar-refractivity contribution in [2.24, 2.45) is 5.92 Å². The van der Waals surface area contributed by atoms with E-state index < -0.39 is 0 Å². The van der Waals surface area contributed by atoms with Crippen molar-refractivity contribution < 1.29 is 4.79 Å². The summed E-state index contributed by atoms with van der Waals surface area (Å²) in [4.78, 5) is 27.4. The summed E-state index contributed by atoms with van der Waals surface area (Å²) < 4.78 is 0. The van der Waals surface area contributed by atoms with Crippen molar-refractivity contribution >= 4 is 16.8 Å². The molecule has 1 heterocycles. The Hall–Kier alpha value is -2.10. The van der Waals surface area contributed by atoms with Gasteiger partial charge in [0.25, 0.3) is 5.56 Å². The molecule has 3 rings (SSSR count).